The Morgan fingerprint density at radius 1 is 1.35 bits per heavy atom. The van der Waals surface area contributed by atoms with Crippen molar-refractivity contribution in [2.24, 2.45) is 0 Å². The summed E-state index contributed by atoms with van der Waals surface area (Å²) < 4.78 is 0. The van der Waals surface area contributed by atoms with E-state index in [0.717, 1.165) is 19.3 Å². The first-order chi connectivity index (χ1) is 9.60. The van der Waals surface area contributed by atoms with E-state index in [4.69, 9.17) is 5.11 Å². The van der Waals surface area contributed by atoms with Crippen molar-refractivity contribution < 1.29 is 14.7 Å². The summed E-state index contributed by atoms with van der Waals surface area (Å²) in [5.41, 5.74) is 3.26. The molecule has 0 fully saturated rings. The van der Waals surface area contributed by atoms with Crippen LogP contribution in [0.25, 0.3) is 0 Å². The van der Waals surface area contributed by atoms with Crippen LogP contribution in [0.2, 0.25) is 0 Å². The van der Waals surface area contributed by atoms with E-state index in [1.165, 1.54) is 17.2 Å². The molecule has 0 saturated carbocycles. The number of nitrogens with one attached hydrogen (secondary N) is 2. The van der Waals surface area contributed by atoms with Crippen molar-refractivity contribution in [2.75, 3.05) is 5.32 Å². The number of aliphatic carboxylic acids is 1. The number of carbonyl (C=O) groups excluding carboxylic acids is 1. The third kappa shape index (κ3) is 3.38. The van der Waals surface area contributed by atoms with Crippen LogP contribution in [0.4, 0.5) is 10.5 Å². The van der Waals surface area contributed by atoms with E-state index in [1.54, 1.807) is 0 Å². The molecule has 5 nitrogen and oxygen atoms in total. The third-order valence-corrected chi connectivity index (χ3v) is 3.36. The normalized spacial score (nSPS) is 14.2. The van der Waals surface area contributed by atoms with E-state index in [2.05, 4.69) is 17.2 Å². The maximum absolute atomic E-state index is 11.8. The number of anilines is 1. The molecule has 1 aromatic carbocycles. The molecular weight excluding hydrogens is 256 g/mol. The molecule has 0 heterocycles. The van der Waals surface area contributed by atoms with Gasteiger partial charge in [-0.05, 0) is 48.9 Å². The largest absolute Gasteiger partial charge is 0.480 e. The Morgan fingerprint density at radius 2 is 2.10 bits per heavy atom. The van der Waals surface area contributed by atoms with Gasteiger partial charge in [-0.15, -0.1) is 6.58 Å². The van der Waals surface area contributed by atoms with Crippen LogP contribution in [-0.2, 0) is 17.6 Å². The quantitative estimate of drug-likeness (QED) is 0.721. The van der Waals surface area contributed by atoms with Crippen molar-refractivity contribution >= 4 is 17.7 Å². The maximum atomic E-state index is 11.8. The van der Waals surface area contributed by atoms with Gasteiger partial charge in [0.1, 0.15) is 6.04 Å². The fourth-order valence-corrected chi connectivity index (χ4v) is 2.36. The lowest BCUT2D eigenvalue weighted by Crippen LogP contribution is -2.42. The van der Waals surface area contributed by atoms with Gasteiger partial charge in [0.05, 0.1) is 0 Å². The Balaban J connectivity index is 1.97. The van der Waals surface area contributed by atoms with Crippen LogP contribution >= 0.6 is 0 Å². The highest BCUT2D eigenvalue weighted by Gasteiger charge is 2.18. The lowest BCUT2D eigenvalue weighted by atomic mass is 10.1. The number of benzene rings is 1. The van der Waals surface area contributed by atoms with Gasteiger partial charge in [0.15, 0.2) is 0 Å². The van der Waals surface area contributed by atoms with Crippen LogP contribution in [0.5, 0.6) is 0 Å². The smallest absolute Gasteiger partial charge is 0.326 e. The van der Waals surface area contributed by atoms with Gasteiger partial charge >= 0.3 is 12.0 Å². The number of rotatable bonds is 5. The molecular formula is C15H18N2O3. The van der Waals surface area contributed by atoms with Gasteiger partial charge in [-0.1, -0.05) is 12.1 Å². The summed E-state index contributed by atoms with van der Waals surface area (Å²) in [6, 6.07) is 4.33. The molecule has 2 amide bonds. The standard InChI is InChI=1S/C15H18N2O3/c1-2-4-13(14(18)19)17-15(20)16-12-8-7-10-5-3-6-11(10)9-12/h2,7-9,13H,1,3-6H2,(H,18,19)(H2,16,17,20). The Morgan fingerprint density at radius 3 is 2.80 bits per heavy atom. The fraction of sp³-hybridized carbons (Fsp3) is 0.333. The van der Waals surface area contributed by atoms with Crippen LogP contribution in [0, 0.1) is 0 Å². The number of hydrogen-bond donors (Lipinski definition) is 3. The topological polar surface area (TPSA) is 78.4 Å². The number of fused-ring (bicyclic) bond motifs is 1. The summed E-state index contributed by atoms with van der Waals surface area (Å²) in [7, 11) is 0. The van der Waals surface area contributed by atoms with Gasteiger partial charge in [0.25, 0.3) is 0 Å². The first-order valence-corrected chi connectivity index (χ1v) is 6.63. The molecule has 3 N–H and O–H groups in total. The molecule has 0 aromatic heterocycles. The molecule has 1 aromatic rings. The van der Waals surface area contributed by atoms with Crippen LogP contribution in [0.15, 0.2) is 30.9 Å². The van der Waals surface area contributed by atoms with Gasteiger partial charge in [-0.3, -0.25) is 0 Å². The van der Waals surface area contributed by atoms with E-state index in [1.807, 2.05) is 18.2 Å². The summed E-state index contributed by atoms with van der Waals surface area (Å²) in [4.78, 5) is 22.7. The molecule has 20 heavy (non-hydrogen) atoms. The van der Waals surface area contributed by atoms with Crippen molar-refractivity contribution in [1.82, 2.24) is 5.32 Å². The zero-order valence-corrected chi connectivity index (χ0v) is 11.2. The number of carbonyl (C=O) groups is 2. The van der Waals surface area contributed by atoms with Crippen molar-refractivity contribution in [3.63, 3.8) is 0 Å². The molecule has 1 atom stereocenters. The highest BCUT2D eigenvalue weighted by atomic mass is 16.4. The first-order valence-electron chi connectivity index (χ1n) is 6.63. The number of urea groups is 1. The van der Waals surface area contributed by atoms with Crippen LogP contribution in [0.3, 0.4) is 0 Å². The molecule has 2 rings (SSSR count). The first kappa shape index (κ1) is 14.1. The Bertz CT molecular complexity index is 540. The number of carboxylic acid groups (broad SMARTS) is 1. The van der Waals surface area contributed by atoms with Gasteiger partial charge in [0, 0.05) is 5.69 Å². The summed E-state index contributed by atoms with van der Waals surface area (Å²) in [6.07, 6.45) is 4.91. The Labute approximate surface area is 117 Å². The van der Waals surface area contributed by atoms with Gasteiger partial charge in [-0.2, -0.15) is 0 Å². The van der Waals surface area contributed by atoms with Crippen molar-refractivity contribution in [3.05, 3.63) is 42.0 Å². The zero-order valence-electron chi connectivity index (χ0n) is 11.2. The van der Waals surface area contributed by atoms with Crippen molar-refractivity contribution in [1.29, 1.82) is 0 Å². The number of amides is 2. The molecule has 0 spiro atoms. The van der Waals surface area contributed by atoms with Crippen LogP contribution in [0.1, 0.15) is 24.0 Å². The SMILES string of the molecule is C=CCC(NC(=O)Nc1ccc2c(c1)CCC2)C(=O)O. The highest BCUT2D eigenvalue weighted by Crippen LogP contribution is 2.24. The molecule has 0 radical (unpaired) electrons. The van der Waals surface area contributed by atoms with Crippen LogP contribution in [-0.4, -0.2) is 23.1 Å². The van der Waals surface area contributed by atoms with E-state index < -0.39 is 18.0 Å². The lowest BCUT2D eigenvalue weighted by molar-refractivity contribution is -0.139. The van der Waals surface area contributed by atoms with E-state index in [0.29, 0.717) is 5.69 Å². The lowest BCUT2D eigenvalue weighted by Gasteiger charge is -2.14. The summed E-state index contributed by atoms with van der Waals surface area (Å²) in [5, 5.41) is 14.0. The minimum Gasteiger partial charge on any atom is -0.480 e. The summed E-state index contributed by atoms with van der Waals surface area (Å²) >= 11 is 0. The highest BCUT2D eigenvalue weighted by molar-refractivity contribution is 5.92. The predicted molar refractivity (Wildman–Crippen MR) is 76.9 cm³/mol. The van der Waals surface area contributed by atoms with Crippen LogP contribution < -0.4 is 10.6 Å². The second-order valence-corrected chi connectivity index (χ2v) is 4.85. The van der Waals surface area contributed by atoms with Gasteiger partial charge in [0.2, 0.25) is 0 Å². The number of carboxylic acids is 1. The Kier molecular flexibility index (Phi) is 4.40. The molecule has 0 aliphatic heterocycles. The summed E-state index contributed by atoms with van der Waals surface area (Å²) in [5.74, 6) is -1.07. The Hall–Kier alpha value is -2.30. The molecule has 5 heteroatoms. The average Bonchev–Trinajstić information content (AvgIpc) is 2.85. The van der Waals surface area contributed by atoms with E-state index in [-0.39, 0.29) is 6.42 Å². The monoisotopic (exact) mass is 274 g/mol. The average molecular weight is 274 g/mol. The minimum atomic E-state index is -1.07. The predicted octanol–water partition coefficient (Wildman–Crippen LogP) is 2.33. The molecule has 1 unspecified atom stereocenters. The molecule has 106 valence electrons. The van der Waals surface area contributed by atoms with Crippen molar-refractivity contribution in [3.8, 4) is 0 Å². The van der Waals surface area contributed by atoms with Gasteiger partial charge in [-0.25, -0.2) is 9.59 Å². The molecule has 1 aliphatic carbocycles. The fourth-order valence-electron chi connectivity index (χ4n) is 2.36. The molecule has 1 aliphatic rings. The third-order valence-electron chi connectivity index (χ3n) is 3.36. The number of aryl methyl sites for hydroxylation is 2. The second-order valence-electron chi connectivity index (χ2n) is 4.85. The van der Waals surface area contributed by atoms with E-state index in [9.17, 15) is 9.59 Å². The molecule has 0 saturated heterocycles. The van der Waals surface area contributed by atoms with E-state index >= 15 is 0 Å². The maximum Gasteiger partial charge on any atom is 0.326 e. The zero-order chi connectivity index (χ0) is 14.5. The van der Waals surface area contributed by atoms with Gasteiger partial charge < -0.3 is 15.7 Å². The molecule has 0 bridgehead atoms. The summed E-state index contributed by atoms with van der Waals surface area (Å²) in [6.45, 7) is 3.48. The number of hydrogen-bond acceptors (Lipinski definition) is 2. The van der Waals surface area contributed by atoms with Crippen molar-refractivity contribution in [2.45, 2.75) is 31.7 Å². The second kappa shape index (κ2) is 6.23. The minimum absolute atomic E-state index is 0.187.